The summed E-state index contributed by atoms with van der Waals surface area (Å²) in [4.78, 5) is 22.9. The van der Waals surface area contributed by atoms with E-state index in [0.29, 0.717) is 12.8 Å². The average molecular weight is 402 g/mol. The van der Waals surface area contributed by atoms with Crippen LogP contribution in [-0.2, 0) is 28.5 Å². The Morgan fingerprint density at radius 1 is 0.679 bits per heavy atom. The zero-order valence-corrected chi connectivity index (χ0v) is 16.6. The maximum absolute atomic E-state index is 11.4. The first-order chi connectivity index (χ1) is 13.7. The van der Waals surface area contributed by atoms with Gasteiger partial charge in [-0.1, -0.05) is 38.5 Å². The number of rotatable bonds is 19. The number of aliphatic hydroxyl groups excluding tert-OH is 2. The van der Waals surface area contributed by atoms with Crippen molar-refractivity contribution in [3.63, 3.8) is 0 Å². The fraction of sp³-hybridized carbons (Fsp3) is 0.700. The molecule has 8 nitrogen and oxygen atoms in total. The number of hydrogen-bond donors (Lipinski definition) is 2. The van der Waals surface area contributed by atoms with E-state index in [2.05, 4.69) is 0 Å². The Kier molecular flexibility index (Phi) is 19.4. The molecule has 0 heterocycles. The number of hydrogen-bond acceptors (Lipinski definition) is 8. The molecular formula is C20H34O8. The molecule has 8 heteroatoms. The summed E-state index contributed by atoms with van der Waals surface area (Å²) >= 11 is 0. The van der Waals surface area contributed by atoms with Crippen molar-refractivity contribution in [2.45, 2.75) is 64.2 Å². The van der Waals surface area contributed by atoms with E-state index in [-0.39, 0.29) is 38.4 Å². The van der Waals surface area contributed by atoms with Gasteiger partial charge in [0.25, 0.3) is 0 Å². The lowest BCUT2D eigenvalue weighted by molar-refractivity contribution is -0.144. The van der Waals surface area contributed by atoms with E-state index in [9.17, 15) is 9.59 Å². The Bertz CT molecular complexity index is 434. The van der Waals surface area contributed by atoms with Gasteiger partial charge in [-0.25, -0.2) is 0 Å². The van der Waals surface area contributed by atoms with Gasteiger partial charge in [-0.2, -0.15) is 0 Å². The summed E-state index contributed by atoms with van der Waals surface area (Å²) in [6.45, 7) is 0.518. The number of carbonyl (C=O) groups excluding carboxylic acids is 2. The summed E-state index contributed by atoms with van der Waals surface area (Å²) in [5.74, 6) is -0.509. The molecule has 0 aromatic carbocycles. The van der Waals surface area contributed by atoms with Crippen LogP contribution >= 0.6 is 0 Å². The minimum atomic E-state index is -0.285. The van der Waals surface area contributed by atoms with Gasteiger partial charge in [-0.3, -0.25) is 9.59 Å². The van der Waals surface area contributed by atoms with Crippen LogP contribution in [0, 0.1) is 0 Å². The summed E-state index contributed by atoms with van der Waals surface area (Å²) in [6, 6.07) is 0. The van der Waals surface area contributed by atoms with Crippen LogP contribution in [-0.4, -0.2) is 48.6 Å². The summed E-state index contributed by atoms with van der Waals surface area (Å²) in [6.07, 6.45) is 13.1. The van der Waals surface area contributed by atoms with Gasteiger partial charge in [0.05, 0.1) is 6.61 Å². The van der Waals surface area contributed by atoms with E-state index in [1.54, 1.807) is 0 Å². The predicted molar refractivity (Wildman–Crippen MR) is 103 cm³/mol. The molecule has 0 atom stereocenters. The van der Waals surface area contributed by atoms with Crippen LogP contribution in [0.3, 0.4) is 0 Å². The van der Waals surface area contributed by atoms with Gasteiger partial charge in [0.15, 0.2) is 0 Å². The topological polar surface area (TPSA) is 112 Å². The van der Waals surface area contributed by atoms with Crippen molar-refractivity contribution in [2.24, 2.45) is 0 Å². The smallest absolute Gasteiger partial charge is 0.310 e. The van der Waals surface area contributed by atoms with Crippen LogP contribution in [0.15, 0.2) is 25.0 Å². The van der Waals surface area contributed by atoms with Crippen LogP contribution in [0.1, 0.15) is 64.2 Å². The standard InChI is InChI=1S/C20H34O8/c21-11-13-25-15-17-27-19(23)9-7-5-3-1-2-4-6-8-10-20(24)28-18-16-26-14-12-22/h11,13,16,18,21-22H,1-10,12,14-15,17H2/b13-11+,18-16+. The van der Waals surface area contributed by atoms with Gasteiger partial charge in [-0.05, 0) is 12.8 Å². The molecule has 0 bridgehead atoms. The fourth-order valence-electron chi connectivity index (χ4n) is 2.31. The van der Waals surface area contributed by atoms with Crippen molar-refractivity contribution in [1.82, 2.24) is 0 Å². The molecular weight excluding hydrogens is 368 g/mol. The number of carbonyl (C=O) groups is 2. The van der Waals surface area contributed by atoms with E-state index in [1.807, 2.05) is 0 Å². The molecule has 0 unspecified atom stereocenters. The first kappa shape index (κ1) is 25.8. The minimum Gasteiger partial charge on any atom is -0.512 e. The Morgan fingerprint density at radius 3 is 1.86 bits per heavy atom. The number of esters is 2. The molecule has 0 saturated heterocycles. The van der Waals surface area contributed by atoms with Crippen molar-refractivity contribution < 1.29 is 38.7 Å². The van der Waals surface area contributed by atoms with Gasteiger partial charge in [0.1, 0.15) is 44.9 Å². The third-order valence-corrected chi connectivity index (χ3v) is 3.69. The SMILES string of the molecule is O=C(CCCCCCCCCCC(=O)OCCO/C=C/O)O/C=C/OCCO. The monoisotopic (exact) mass is 402 g/mol. The van der Waals surface area contributed by atoms with Gasteiger partial charge in [0, 0.05) is 12.8 Å². The summed E-state index contributed by atoms with van der Waals surface area (Å²) < 4.78 is 19.5. The van der Waals surface area contributed by atoms with E-state index >= 15 is 0 Å². The van der Waals surface area contributed by atoms with Crippen LogP contribution in [0.4, 0.5) is 0 Å². The molecule has 0 radical (unpaired) electrons. The summed E-state index contributed by atoms with van der Waals surface area (Å²) in [5, 5.41) is 16.8. The lowest BCUT2D eigenvalue weighted by Crippen LogP contribution is -2.09. The van der Waals surface area contributed by atoms with E-state index in [1.165, 1.54) is 12.5 Å². The van der Waals surface area contributed by atoms with Crippen molar-refractivity contribution in [2.75, 3.05) is 26.4 Å². The lowest BCUT2D eigenvalue weighted by Gasteiger charge is -2.05. The predicted octanol–water partition coefficient (Wildman–Crippen LogP) is 3.50. The highest BCUT2D eigenvalue weighted by Gasteiger charge is 2.03. The van der Waals surface area contributed by atoms with Crippen LogP contribution in [0.2, 0.25) is 0 Å². The van der Waals surface area contributed by atoms with Crippen molar-refractivity contribution in [3.8, 4) is 0 Å². The molecule has 0 fully saturated rings. The summed E-state index contributed by atoms with van der Waals surface area (Å²) in [5.41, 5.74) is 0. The molecule has 162 valence electrons. The number of ether oxygens (including phenoxy) is 4. The second-order valence-corrected chi connectivity index (χ2v) is 6.06. The maximum atomic E-state index is 11.4. The third-order valence-electron chi connectivity index (χ3n) is 3.69. The highest BCUT2D eigenvalue weighted by Crippen LogP contribution is 2.11. The molecule has 0 amide bonds. The number of unbranched alkanes of at least 4 members (excludes halogenated alkanes) is 7. The Labute approximate surface area is 167 Å². The summed E-state index contributed by atoms with van der Waals surface area (Å²) in [7, 11) is 0. The second-order valence-electron chi connectivity index (χ2n) is 6.06. The largest absolute Gasteiger partial charge is 0.512 e. The lowest BCUT2D eigenvalue weighted by atomic mass is 10.1. The number of aliphatic hydroxyl groups is 2. The van der Waals surface area contributed by atoms with Gasteiger partial charge >= 0.3 is 11.9 Å². The molecule has 0 aliphatic rings. The fourth-order valence-corrected chi connectivity index (χ4v) is 2.31. The van der Waals surface area contributed by atoms with Crippen molar-refractivity contribution in [1.29, 1.82) is 0 Å². The quantitative estimate of drug-likeness (QED) is 0.192. The highest BCUT2D eigenvalue weighted by molar-refractivity contribution is 5.70. The molecule has 0 aromatic heterocycles. The first-order valence-electron chi connectivity index (χ1n) is 9.84. The van der Waals surface area contributed by atoms with Crippen LogP contribution in [0.5, 0.6) is 0 Å². The zero-order chi connectivity index (χ0) is 20.7. The van der Waals surface area contributed by atoms with Gasteiger partial charge in [-0.15, -0.1) is 0 Å². The molecule has 0 aromatic rings. The van der Waals surface area contributed by atoms with E-state index < -0.39 is 0 Å². The first-order valence-corrected chi connectivity index (χ1v) is 9.84. The second kappa shape index (κ2) is 21.1. The maximum Gasteiger partial charge on any atom is 0.310 e. The van der Waals surface area contributed by atoms with Crippen LogP contribution in [0.25, 0.3) is 0 Å². The Hall–Kier alpha value is -2.22. The molecule has 28 heavy (non-hydrogen) atoms. The van der Waals surface area contributed by atoms with Crippen LogP contribution < -0.4 is 0 Å². The molecule has 0 aliphatic carbocycles. The Balaban J connectivity index is 3.29. The molecule has 0 spiro atoms. The van der Waals surface area contributed by atoms with Gasteiger partial charge < -0.3 is 29.2 Å². The molecule has 0 rings (SSSR count). The molecule has 0 aliphatic heterocycles. The van der Waals surface area contributed by atoms with Crippen molar-refractivity contribution in [3.05, 3.63) is 25.0 Å². The van der Waals surface area contributed by atoms with E-state index in [4.69, 9.17) is 29.2 Å². The highest BCUT2D eigenvalue weighted by atomic mass is 16.6. The van der Waals surface area contributed by atoms with Gasteiger partial charge in [0.2, 0.25) is 0 Å². The van der Waals surface area contributed by atoms with Crippen molar-refractivity contribution >= 4 is 11.9 Å². The average Bonchev–Trinajstić information content (AvgIpc) is 2.69. The Morgan fingerprint density at radius 2 is 1.25 bits per heavy atom. The zero-order valence-electron chi connectivity index (χ0n) is 16.6. The van der Waals surface area contributed by atoms with E-state index in [0.717, 1.165) is 63.9 Å². The normalized spacial score (nSPS) is 11.0. The minimum absolute atomic E-state index is 0.0778. The molecule has 0 saturated carbocycles. The third kappa shape index (κ3) is 20.1. The molecule has 2 N–H and O–H groups in total.